The van der Waals surface area contributed by atoms with Crippen molar-refractivity contribution in [1.29, 1.82) is 0 Å². The van der Waals surface area contributed by atoms with E-state index in [0.29, 0.717) is 0 Å². The Bertz CT molecular complexity index is 726. The van der Waals surface area contributed by atoms with Crippen molar-refractivity contribution in [3.05, 3.63) is 33.7 Å². The van der Waals surface area contributed by atoms with Crippen LogP contribution in [-0.2, 0) is 11.3 Å². The summed E-state index contributed by atoms with van der Waals surface area (Å²) in [6, 6.07) is 5.93. The number of amides is 1. The minimum absolute atomic E-state index is 0.0261. The summed E-state index contributed by atoms with van der Waals surface area (Å²) in [5.41, 5.74) is 7.44. The van der Waals surface area contributed by atoms with Crippen molar-refractivity contribution in [2.75, 3.05) is 20.2 Å². The van der Waals surface area contributed by atoms with E-state index in [1.165, 1.54) is 0 Å². The summed E-state index contributed by atoms with van der Waals surface area (Å²) in [4.78, 5) is 18.3. The van der Waals surface area contributed by atoms with Gasteiger partial charge in [0.15, 0.2) is 0 Å². The second-order valence-corrected chi connectivity index (χ2v) is 7.72. The highest BCUT2D eigenvalue weighted by Crippen LogP contribution is 2.34. The van der Waals surface area contributed by atoms with Gasteiger partial charge in [-0.15, -0.1) is 11.3 Å². The molecule has 0 aliphatic carbocycles. The predicted molar refractivity (Wildman–Crippen MR) is 99.0 cm³/mol. The van der Waals surface area contributed by atoms with Crippen LogP contribution in [-0.4, -0.2) is 36.0 Å². The number of hydrogen-bond donors (Lipinski definition) is 1. The van der Waals surface area contributed by atoms with Crippen molar-refractivity contribution in [3.8, 4) is 16.3 Å². The monoisotopic (exact) mass is 409 g/mol. The normalized spacial score (nSPS) is 16.2. The number of primary amides is 1. The van der Waals surface area contributed by atoms with E-state index in [4.69, 9.17) is 15.5 Å². The topological polar surface area (TPSA) is 68.4 Å². The number of rotatable bonds is 5. The first-order valence-electron chi connectivity index (χ1n) is 7.87. The number of benzene rings is 1. The fourth-order valence-corrected chi connectivity index (χ4v) is 4.15. The van der Waals surface area contributed by atoms with Crippen molar-refractivity contribution in [2.24, 2.45) is 11.7 Å². The van der Waals surface area contributed by atoms with Gasteiger partial charge in [-0.25, -0.2) is 4.98 Å². The summed E-state index contributed by atoms with van der Waals surface area (Å²) in [7, 11) is 1.67. The van der Waals surface area contributed by atoms with Gasteiger partial charge in [0.1, 0.15) is 10.8 Å². The molecule has 24 heavy (non-hydrogen) atoms. The Morgan fingerprint density at radius 3 is 2.88 bits per heavy atom. The molecule has 2 heterocycles. The molecule has 2 N–H and O–H groups in total. The summed E-state index contributed by atoms with van der Waals surface area (Å²) in [6.07, 6.45) is 1.68. The number of carbonyl (C=O) groups excluding carboxylic acids is 1. The van der Waals surface area contributed by atoms with E-state index in [9.17, 15) is 4.79 Å². The standard InChI is InChI=1S/C17H20BrN3O2S/c1-23-15-3-2-12(18)8-14(15)17-20-13(10-24-17)9-21-6-4-11(5-7-21)16(19)22/h2-3,8,10-11H,4-7,9H2,1H3,(H2,19,22). The average molecular weight is 410 g/mol. The van der Waals surface area contributed by atoms with Gasteiger partial charge in [0.2, 0.25) is 5.91 Å². The summed E-state index contributed by atoms with van der Waals surface area (Å²) >= 11 is 5.12. The van der Waals surface area contributed by atoms with Crippen molar-refractivity contribution in [1.82, 2.24) is 9.88 Å². The number of nitrogens with two attached hydrogens (primary N) is 1. The number of halogens is 1. The Morgan fingerprint density at radius 2 is 2.21 bits per heavy atom. The summed E-state index contributed by atoms with van der Waals surface area (Å²) in [5, 5.41) is 3.05. The van der Waals surface area contributed by atoms with Crippen molar-refractivity contribution in [2.45, 2.75) is 19.4 Å². The molecule has 1 aromatic carbocycles. The van der Waals surface area contributed by atoms with E-state index < -0.39 is 0 Å². The van der Waals surface area contributed by atoms with Gasteiger partial charge in [-0.3, -0.25) is 9.69 Å². The van der Waals surface area contributed by atoms with Crippen molar-refractivity contribution >= 4 is 33.2 Å². The number of hydrogen-bond acceptors (Lipinski definition) is 5. The molecule has 3 rings (SSSR count). The Kier molecular flexibility index (Phi) is 5.53. The van der Waals surface area contributed by atoms with Gasteiger partial charge < -0.3 is 10.5 Å². The molecule has 0 radical (unpaired) electrons. The van der Waals surface area contributed by atoms with Gasteiger partial charge >= 0.3 is 0 Å². The third-order valence-electron chi connectivity index (χ3n) is 4.32. The predicted octanol–water partition coefficient (Wildman–Crippen LogP) is 3.28. The van der Waals surface area contributed by atoms with Gasteiger partial charge in [-0.1, -0.05) is 15.9 Å². The molecule has 1 aliphatic rings. The van der Waals surface area contributed by atoms with Gasteiger partial charge in [0.05, 0.1) is 18.4 Å². The second kappa shape index (κ2) is 7.63. The molecule has 7 heteroatoms. The lowest BCUT2D eigenvalue weighted by Gasteiger charge is -2.29. The first-order chi connectivity index (χ1) is 11.6. The molecular weight excluding hydrogens is 390 g/mol. The molecule has 1 aromatic heterocycles. The van der Waals surface area contributed by atoms with Gasteiger partial charge in [-0.2, -0.15) is 0 Å². The number of likely N-dealkylation sites (tertiary alicyclic amines) is 1. The van der Waals surface area contributed by atoms with Crippen LogP contribution in [0.1, 0.15) is 18.5 Å². The van der Waals surface area contributed by atoms with Crippen LogP contribution in [0.5, 0.6) is 5.75 Å². The minimum Gasteiger partial charge on any atom is -0.496 e. The Balaban J connectivity index is 1.68. The zero-order valence-corrected chi connectivity index (χ0v) is 15.9. The van der Waals surface area contributed by atoms with Crippen molar-refractivity contribution in [3.63, 3.8) is 0 Å². The van der Waals surface area contributed by atoms with Crippen LogP contribution in [0, 0.1) is 5.92 Å². The fraction of sp³-hybridized carbons (Fsp3) is 0.412. The van der Waals surface area contributed by atoms with Crippen LogP contribution in [0.4, 0.5) is 0 Å². The number of thiazole rings is 1. The maximum Gasteiger partial charge on any atom is 0.220 e. The molecule has 5 nitrogen and oxygen atoms in total. The summed E-state index contributed by atoms with van der Waals surface area (Å²) < 4.78 is 6.44. The summed E-state index contributed by atoms with van der Waals surface area (Å²) in [6.45, 7) is 2.58. The zero-order valence-electron chi connectivity index (χ0n) is 13.5. The number of carbonyl (C=O) groups is 1. The van der Waals surface area contributed by atoms with Crippen LogP contribution < -0.4 is 10.5 Å². The van der Waals surface area contributed by atoms with Crippen molar-refractivity contribution < 1.29 is 9.53 Å². The quantitative estimate of drug-likeness (QED) is 0.822. The van der Waals surface area contributed by atoms with Gasteiger partial charge in [0, 0.05) is 22.3 Å². The largest absolute Gasteiger partial charge is 0.496 e. The molecular formula is C17H20BrN3O2S. The lowest BCUT2D eigenvalue weighted by Crippen LogP contribution is -2.38. The highest BCUT2D eigenvalue weighted by Gasteiger charge is 2.23. The Hall–Kier alpha value is -1.44. The van der Waals surface area contributed by atoms with Crippen LogP contribution in [0.2, 0.25) is 0 Å². The van der Waals surface area contributed by atoms with Gasteiger partial charge in [-0.05, 0) is 44.1 Å². The van der Waals surface area contributed by atoms with Crippen LogP contribution in [0.3, 0.4) is 0 Å². The van der Waals surface area contributed by atoms with E-state index in [2.05, 4.69) is 26.2 Å². The number of methoxy groups -OCH3 is 1. The molecule has 1 aliphatic heterocycles. The third kappa shape index (κ3) is 3.96. The highest BCUT2D eigenvalue weighted by atomic mass is 79.9. The molecule has 2 aromatic rings. The fourth-order valence-electron chi connectivity index (χ4n) is 2.96. The van der Waals surface area contributed by atoms with E-state index in [1.54, 1.807) is 18.4 Å². The van der Waals surface area contributed by atoms with Crippen LogP contribution in [0.15, 0.2) is 28.1 Å². The Morgan fingerprint density at radius 1 is 1.46 bits per heavy atom. The lowest BCUT2D eigenvalue weighted by molar-refractivity contribution is -0.123. The average Bonchev–Trinajstić information content (AvgIpc) is 3.03. The molecule has 0 atom stereocenters. The molecule has 1 amide bonds. The number of ether oxygens (including phenoxy) is 1. The molecule has 1 fully saturated rings. The number of aromatic nitrogens is 1. The van der Waals surface area contributed by atoms with Crippen LogP contribution in [0.25, 0.3) is 10.6 Å². The van der Waals surface area contributed by atoms with Gasteiger partial charge in [0.25, 0.3) is 0 Å². The Labute approximate surface area is 154 Å². The second-order valence-electron chi connectivity index (χ2n) is 5.94. The molecule has 0 bridgehead atoms. The van der Waals surface area contributed by atoms with E-state index in [0.717, 1.165) is 59.0 Å². The van der Waals surface area contributed by atoms with E-state index in [1.807, 2.05) is 18.2 Å². The lowest BCUT2D eigenvalue weighted by atomic mass is 9.96. The maximum atomic E-state index is 11.2. The summed E-state index contributed by atoms with van der Waals surface area (Å²) in [5.74, 6) is 0.673. The molecule has 128 valence electrons. The molecule has 0 unspecified atom stereocenters. The van der Waals surface area contributed by atoms with Crippen LogP contribution >= 0.6 is 27.3 Å². The smallest absolute Gasteiger partial charge is 0.220 e. The first kappa shape index (κ1) is 17.4. The first-order valence-corrected chi connectivity index (χ1v) is 9.54. The number of nitrogens with zero attached hydrogens (tertiary/aromatic N) is 2. The molecule has 1 saturated heterocycles. The third-order valence-corrected chi connectivity index (χ3v) is 5.74. The minimum atomic E-state index is -0.174. The SMILES string of the molecule is COc1ccc(Br)cc1-c1nc(CN2CCC(C(N)=O)CC2)cs1. The number of piperidine rings is 1. The maximum absolute atomic E-state index is 11.2. The van der Waals surface area contributed by atoms with E-state index in [-0.39, 0.29) is 11.8 Å². The zero-order chi connectivity index (χ0) is 17.1. The van der Waals surface area contributed by atoms with E-state index >= 15 is 0 Å². The molecule has 0 spiro atoms. The molecule has 0 saturated carbocycles. The highest BCUT2D eigenvalue weighted by molar-refractivity contribution is 9.10.